The van der Waals surface area contributed by atoms with E-state index in [1.165, 1.54) is 89.9 Å². The third kappa shape index (κ3) is 38.4. The molecule has 0 saturated carbocycles. The van der Waals surface area contributed by atoms with Gasteiger partial charge in [0.25, 0.3) is 0 Å². The Bertz CT molecular complexity index is 309. The van der Waals surface area contributed by atoms with Crippen molar-refractivity contribution in [1.29, 1.82) is 0 Å². The monoisotopic (exact) mass is 404 g/mol. The van der Waals surface area contributed by atoms with Crippen LogP contribution in [0.4, 0.5) is 0 Å². The Balaban J connectivity index is -0.000000152. The normalized spacial score (nSPS) is 10.6. The average molecular weight is 405 g/mol. The molecule has 0 amide bonds. The van der Waals surface area contributed by atoms with Crippen molar-refractivity contribution in [2.75, 3.05) is 0 Å². The fourth-order valence-corrected chi connectivity index (χ4v) is 2.69. The Morgan fingerprint density at radius 3 is 1.41 bits per heavy atom. The van der Waals surface area contributed by atoms with Crippen LogP contribution >= 0.6 is 0 Å². The smallest absolute Gasteiger partial charge is 1.00 e. The molecule has 0 aliphatic carbocycles. The van der Waals surface area contributed by atoms with E-state index in [0.29, 0.717) is 0 Å². The summed E-state index contributed by atoms with van der Waals surface area (Å²) in [6.45, 7) is 8.81. The molecule has 0 heterocycles. The molecular formula is C21H42KLiO4. The van der Waals surface area contributed by atoms with Crippen LogP contribution in [0.3, 0.4) is 0 Å². The molecule has 0 fully saturated rings. The fourth-order valence-electron chi connectivity index (χ4n) is 2.69. The van der Waals surface area contributed by atoms with Gasteiger partial charge in [-0.15, -0.1) is 0 Å². The first kappa shape index (κ1) is 35.6. The molecule has 27 heavy (non-hydrogen) atoms. The molecular weight excluding hydrogens is 362 g/mol. The van der Waals surface area contributed by atoms with Gasteiger partial charge in [0.2, 0.25) is 0 Å². The van der Waals surface area contributed by atoms with Crippen LogP contribution < -0.4 is 70.2 Å². The fraction of sp³-hybridized carbons (Fsp3) is 0.857. The van der Waals surface area contributed by atoms with Crippen LogP contribution in [-0.2, 0) is 9.59 Å². The zero-order chi connectivity index (χ0) is 19.3. The summed E-state index contributed by atoms with van der Waals surface area (Å²) in [7, 11) is 0. The Kier molecular flexibility index (Phi) is 38.7. The standard InChI is InChI=1S/C18H37.C3H4O4.K.Li.H/c1-4-6-8-9-10-11-12-13-14-15-17-18(3)16-7-5-2;4-2(5)1-3(6)7;;;/h18H,3-17H2,1-2H3;1H2,(H,4,5)(H,6,7);;;/q-1;;2*+1;-1. The minimum absolute atomic E-state index is 0. The molecule has 0 saturated heterocycles. The van der Waals surface area contributed by atoms with Gasteiger partial charge in [0, 0.05) is 0 Å². The second-order valence-corrected chi connectivity index (χ2v) is 6.94. The Hall–Kier alpha value is 1.17. The molecule has 0 bridgehead atoms. The van der Waals surface area contributed by atoms with Crippen molar-refractivity contribution in [2.24, 2.45) is 5.92 Å². The van der Waals surface area contributed by atoms with Crippen LogP contribution in [0.15, 0.2) is 0 Å². The maximum absolute atomic E-state index is 9.43. The predicted molar refractivity (Wildman–Crippen MR) is 106 cm³/mol. The van der Waals surface area contributed by atoms with Gasteiger partial charge in [-0.25, -0.2) is 0 Å². The van der Waals surface area contributed by atoms with Gasteiger partial charge in [-0.2, -0.15) is 5.92 Å². The van der Waals surface area contributed by atoms with Gasteiger partial charge >= 0.3 is 82.2 Å². The molecule has 0 aliphatic rings. The number of unbranched alkanes of at least 4 members (excludes halogenated alkanes) is 10. The number of hydrogen-bond acceptors (Lipinski definition) is 2. The quantitative estimate of drug-likeness (QED) is 0.171. The van der Waals surface area contributed by atoms with Crippen molar-refractivity contribution >= 4 is 11.9 Å². The first-order valence-corrected chi connectivity index (χ1v) is 10.2. The van der Waals surface area contributed by atoms with E-state index in [0.717, 1.165) is 5.92 Å². The molecule has 2 N–H and O–H groups in total. The summed E-state index contributed by atoms with van der Waals surface area (Å²) in [5.41, 5.74) is 0. The Morgan fingerprint density at radius 1 is 0.741 bits per heavy atom. The summed E-state index contributed by atoms with van der Waals surface area (Å²) in [5, 5.41) is 15.4. The number of aliphatic carboxylic acids is 2. The Labute approximate surface area is 224 Å². The van der Waals surface area contributed by atoms with E-state index in [4.69, 9.17) is 10.2 Å². The number of hydrogen-bond donors (Lipinski definition) is 2. The van der Waals surface area contributed by atoms with Crippen LogP contribution in [0.25, 0.3) is 0 Å². The van der Waals surface area contributed by atoms with Gasteiger partial charge in [0.1, 0.15) is 6.42 Å². The van der Waals surface area contributed by atoms with Gasteiger partial charge in [0.05, 0.1) is 0 Å². The zero-order valence-electron chi connectivity index (χ0n) is 19.6. The van der Waals surface area contributed by atoms with E-state index in [1.807, 2.05) is 0 Å². The van der Waals surface area contributed by atoms with Gasteiger partial charge in [-0.1, -0.05) is 104 Å². The van der Waals surface area contributed by atoms with E-state index >= 15 is 0 Å². The average Bonchev–Trinajstić information content (AvgIpc) is 2.54. The van der Waals surface area contributed by atoms with Crippen molar-refractivity contribution in [3.8, 4) is 0 Å². The summed E-state index contributed by atoms with van der Waals surface area (Å²) in [5.74, 6) is -1.90. The maximum atomic E-state index is 9.43. The SMILES string of the molecule is O=C(O)CC(=O)O.[CH2-]C(CCCC)CCCCCCCCCCCC.[H-].[K+].[Li+]. The molecule has 0 rings (SSSR count). The third-order valence-corrected chi connectivity index (χ3v) is 4.23. The second-order valence-electron chi connectivity index (χ2n) is 6.94. The first-order chi connectivity index (χ1) is 11.9. The van der Waals surface area contributed by atoms with Crippen molar-refractivity contribution < 1.29 is 91.5 Å². The van der Waals surface area contributed by atoms with Crippen LogP contribution in [0.5, 0.6) is 0 Å². The number of carboxylic acids is 2. The summed E-state index contributed by atoms with van der Waals surface area (Å²) < 4.78 is 0. The van der Waals surface area contributed by atoms with Crippen molar-refractivity contribution in [3.63, 3.8) is 0 Å². The number of rotatable bonds is 16. The third-order valence-electron chi connectivity index (χ3n) is 4.23. The van der Waals surface area contributed by atoms with Crippen LogP contribution in [0.1, 0.15) is 112 Å². The molecule has 0 aromatic carbocycles. The van der Waals surface area contributed by atoms with Crippen LogP contribution in [-0.4, -0.2) is 22.2 Å². The molecule has 4 nitrogen and oxygen atoms in total. The predicted octanol–water partition coefficient (Wildman–Crippen LogP) is 0.604. The van der Waals surface area contributed by atoms with E-state index in [1.54, 1.807) is 0 Å². The van der Waals surface area contributed by atoms with Gasteiger partial charge < -0.3 is 18.6 Å². The number of carbonyl (C=O) groups is 2. The van der Waals surface area contributed by atoms with Gasteiger partial charge in [-0.05, 0) is 0 Å². The van der Waals surface area contributed by atoms with Crippen molar-refractivity contribution in [2.45, 2.75) is 110 Å². The molecule has 0 aromatic heterocycles. The molecule has 152 valence electrons. The topological polar surface area (TPSA) is 74.6 Å². The van der Waals surface area contributed by atoms with E-state index in [2.05, 4.69) is 20.8 Å². The molecule has 6 heteroatoms. The summed E-state index contributed by atoms with van der Waals surface area (Å²) in [4.78, 5) is 18.9. The minimum Gasteiger partial charge on any atom is -1.00 e. The molecule has 1 unspecified atom stereocenters. The number of carboxylic acid groups (broad SMARTS) is 2. The Morgan fingerprint density at radius 2 is 1.07 bits per heavy atom. The molecule has 0 aliphatic heterocycles. The zero-order valence-corrected chi connectivity index (χ0v) is 21.7. The van der Waals surface area contributed by atoms with E-state index < -0.39 is 18.4 Å². The summed E-state index contributed by atoms with van der Waals surface area (Å²) >= 11 is 0. The summed E-state index contributed by atoms with van der Waals surface area (Å²) in [6.07, 6.45) is 19.0. The second kappa shape index (κ2) is 29.4. The molecule has 0 aromatic rings. The molecule has 1 atom stereocenters. The maximum Gasteiger partial charge on any atom is 1.00 e. The molecule has 0 spiro atoms. The van der Waals surface area contributed by atoms with Gasteiger partial charge in [0.15, 0.2) is 0 Å². The largest absolute Gasteiger partial charge is 1.00 e. The van der Waals surface area contributed by atoms with E-state index in [9.17, 15) is 9.59 Å². The van der Waals surface area contributed by atoms with Gasteiger partial charge in [-0.3, -0.25) is 9.59 Å². The minimum atomic E-state index is -1.31. The van der Waals surface area contributed by atoms with Crippen molar-refractivity contribution in [3.05, 3.63) is 6.92 Å². The van der Waals surface area contributed by atoms with Crippen LogP contribution in [0, 0.1) is 12.8 Å². The summed E-state index contributed by atoms with van der Waals surface area (Å²) in [6, 6.07) is 0. The van der Waals surface area contributed by atoms with Crippen molar-refractivity contribution in [1.82, 2.24) is 0 Å². The van der Waals surface area contributed by atoms with Crippen LogP contribution in [0.2, 0.25) is 0 Å². The molecule has 0 radical (unpaired) electrons. The van der Waals surface area contributed by atoms with E-state index in [-0.39, 0.29) is 71.7 Å². The first-order valence-electron chi connectivity index (χ1n) is 10.2.